The van der Waals surface area contributed by atoms with Gasteiger partial charge in [-0.2, -0.15) is 0 Å². The fourth-order valence-electron chi connectivity index (χ4n) is 3.06. The number of rotatable bonds is 20. The highest BCUT2D eigenvalue weighted by molar-refractivity contribution is 5.66. The lowest BCUT2D eigenvalue weighted by Crippen LogP contribution is -2.40. The quantitative estimate of drug-likeness (QED) is 0.146. The van der Waals surface area contributed by atoms with Crippen LogP contribution in [0, 0.1) is 0 Å². The first kappa shape index (κ1) is 31.2. The van der Waals surface area contributed by atoms with E-state index < -0.39 is 30.9 Å². The Bertz CT molecular complexity index is 377. The average Bonchev–Trinajstić information content (AvgIpc) is 2.74. The van der Waals surface area contributed by atoms with E-state index in [2.05, 4.69) is 6.92 Å². The molecule has 7 nitrogen and oxygen atoms in total. The second kappa shape index (κ2) is 24.3. The van der Waals surface area contributed by atoms with Gasteiger partial charge in [-0.1, -0.05) is 96.8 Å². The van der Waals surface area contributed by atoms with Gasteiger partial charge in [0, 0.05) is 6.42 Å². The molecule has 30 heavy (non-hydrogen) atoms. The monoisotopic (exact) mass is 434 g/mol. The molecule has 0 aromatic rings. The van der Waals surface area contributed by atoms with Gasteiger partial charge in [0.15, 0.2) is 6.29 Å². The zero-order chi connectivity index (χ0) is 23.0. The molecule has 0 spiro atoms. The van der Waals surface area contributed by atoms with E-state index in [9.17, 15) is 9.59 Å². The SMILES string of the molecule is CCCCCCCCCCCCCCCCCC(=O)O.O=C[C@H](O)[C@H](O)[C@H](O)CO. The van der Waals surface area contributed by atoms with Crippen LogP contribution in [0.4, 0.5) is 0 Å². The zero-order valence-corrected chi connectivity index (χ0v) is 18.9. The number of aliphatic hydroxyl groups is 4. The Morgan fingerprint density at radius 1 is 0.733 bits per heavy atom. The third-order valence-corrected chi connectivity index (χ3v) is 5.06. The Balaban J connectivity index is 0. The number of hydrogen-bond donors (Lipinski definition) is 5. The lowest BCUT2D eigenvalue weighted by atomic mass is 10.0. The molecular formula is C23H46O7. The number of carboxylic acids is 1. The van der Waals surface area contributed by atoms with E-state index in [1.54, 1.807) is 0 Å². The number of aldehydes is 1. The number of aliphatic hydroxyl groups excluding tert-OH is 4. The minimum absolute atomic E-state index is 0.0869. The van der Waals surface area contributed by atoms with Crippen molar-refractivity contribution >= 4 is 12.3 Å². The summed E-state index contributed by atoms with van der Waals surface area (Å²) in [4.78, 5) is 20.1. The summed E-state index contributed by atoms with van der Waals surface area (Å²) in [7, 11) is 0. The molecule has 3 atom stereocenters. The average molecular weight is 435 g/mol. The largest absolute Gasteiger partial charge is 0.481 e. The molecule has 5 N–H and O–H groups in total. The van der Waals surface area contributed by atoms with Crippen LogP contribution in [-0.4, -0.2) is 62.7 Å². The summed E-state index contributed by atoms with van der Waals surface area (Å²) in [6.45, 7) is 1.58. The van der Waals surface area contributed by atoms with E-state index in [0.29, 0.717) is 6.42 Å². The number of carbonyl (C=O) groups excluding carboxylic acids is 1. The van der Waals surface area contributed by atoms with Gasteiger partial charge >= 0.3 is 5.97 Å². The highest BCUT2D eigenvalue weighted by Gasteiger charge is 2.22. The van der Waals surface area contributed by atoms with Crippen LogP contribution in [0.15, 0.2) is 0 Å². The Hall–Kier alpha value is -1.02. The molecule has 0 saturated carbocycles. The molecule has 0 unspecified atom stereocenters. The van der Waals surface area contributed by atoms with Crippen LogP contribution < -0.4 is 0 Å². The minimum Gasteiger partial charge on any atom is -0.481 e. The third-order valence-electron chi connectivity index (χ3n) is 5.06. The molecule has 0 aromatic heterocycles. The molecule has 180 valence electrons. The van der Waals surface area contributed by atoms with Crippen molar-refractivity contribution in [1.82, 2.24) is 0 Å². The van der Waals surface area contributed by atoms with Crippen molar-refractivity contribution in [3.63, 3.8) is 0 Å². The van der Waals surface area contributed by atoms with Gasteiger partial charge < -0.3 is 30.3 Å². The number of carbonyl (C=O) groups is 2. The summed E-state index contributed by atoms with van der Waals surface area (Å²) in [6.07, 6.45) is 15.6. The van der Waals surface area contributed by atoms with E-state index in [-0.39, 0.29) is 6.29 Å². The smallest absolute Gasteiger partial charge is 0.303 e. The van der Waals surface area contributed by atoms with E-state index in [4.69, 9.17) is 25.5 Å². The molecule has 0 aliphatic heterocycles. The number of unbranched alkanes of at least 4 members (excludes halogenated alkanes) is 14. The zero-order valence-electron chi connectivity index (χ0n) is 18.9. The summed E-state index contributed by atoms with van der Waals surface area (Å²) in [5.41, 5.74) is 0. The van der Waals surface area contributed by atoms with Gasteiger partial charge in [-0.25, -0.2) is 0 Å². The fourth-order valence-corrected chi connectivity index (χ4v) is 3.06. The molecule has 7 heteroatoms. The molecule has 0 amide bonds. The van der Waals surface area contributed by atoms with Crippen LogP contribution in [0.3, 0.4) is 0 Å². The molecule has 0 fully saturated rings. The molecule has 0 rings (SSSR count). The van der Waals surface area contributed by atoms with Gasteiger partial charge in [0.2, 0.25) is 0 Å². The van der Waals surface area contributed by atoms with Gasteiger partial charge in [0.1, 0.15) is 18.3 Å². The van der Waals surface area contributed by atoms with Crippen molar-refractivity contribution < 1.29 is 35.1 Å². The van der Waals surface area contributed by atoms with E-state index in [1.165, 1.54) is 83.5 Å². The standard InChI is InChI=1S/C18H36O2.C5H10O5/c1-2-3-4-5-6-7-8-9-10-11-12-13-14-15-16-17-18(19)20;6-1-3(8)5(10)4(9)2-7/h2-17H2,1H3,(H,19,20);1,3-5,7-10H,2H2/t;3-,4+,5-/m.0/s1. The lowest BCUT2D eigenvalue weighted by molar-refractivity contribution is -0.137. The summed E-state index contributed by atoms with van der Waals surface area (Å²) in [6, 6.07) is 0. The number of aliphatic carboxylic acids is 1. The lowest BCUT2D eigenvalue weighted by Gasteiger charge is -2.16. The molecule has 0 heterocycles. The van der Waals surface area contributed by atoms with Crippen LogP contribution in [0.1, 0.15) is 110 Å². The fraction of sp³-hybridized carbons (Fsp3) is 0.913. The summed E-state index contributed by atoms with van der Waals surface area (Å²) < 4.78 is 0. The van der Waals surface area contributed by atoms with E-state index in [0.717, 1.165) is 12.8 Å². The van der Waals surface area contributed by atoms with Crippen molar-refractivity contribution in [3.8, 4) is 0 Å². The van der Waals surface area contributed by atoms with Gasteiger partial charge in [0.25, 0.3) is 0 Å². The Labute approximate surface area is 182 Å². The topological polar surface area (TPSA) is 135 Å². The van der Waals surface area contributed by atoms with Gasteiger partial charge in [-0.3, -0.25) is 4.79 Å². The highest BCUT2D eigenvalue weighted by atomic mass is 16.4. The third kappa shape index (κ3) is 23.3. The Kier molecular flexibility index (Phi) is 25.2. The number of hydrogen-bond acceptors (Lipinski definition) is 6. The molecule has 0 bridgehead atoms. The van der Waals surface area contributed by atoms with Crippen molar-refractivity contribution in [3.05, 3.63) is 0 Å². The molecule has 0 aromatic carbocycles. The summed E-state index contributed by atoms with van der Waals surface area (Å²) in [5.74, 6) is -0.653. The number of carboxylic acid groups (broad SMARTS) is 1. The molecule has 0 saturated heterocycles. The first-order valence-corrected chi connectivity index (χ1v) is 11.7. The maximum Gasteiger partial charge on any atom is 0.303 e. The van der Waals surface area contributed by atoms with Crippen molar-refractivity contribution in [2.45, 2.75) is 128 Å². The van der Waals surface area contributed by atoms with Crippen molar-refractivity contribution in [1.29, 1.82) is 0 Å². The second-order valence-corrected chi connectivity index (χ2v) is 7.96. The van der Waals surface area contributed by atoms with Gasteiger partial charge in [-0.05, 0) is 6.42 Å². The predicted octanol–water partition coefficient (Wildman–Crippen LogP) is 3.59. The molecule has 0 radical (unpaired) electrons. The maximum atomic E-state index is 10.3. The van der Waals surface area contributed by atoms with Crippen molar-refractivity contribution in [2.75, 3.05) is 6.61 Å². The highest BCUT2D eigenvalue weighted by Crippen LogP contribution is 2.13. The van der Waals surface area contributed by atoms with Crippen molar-refractivity contribution in [2.24, 2.45) is 0 Å². The van der Waals surface area contributed by atoms with Crippen LogP contribution in [0.2, 0.25) is 0 Å². The first-order valence-electron chi connectivity index (χ1n) is 11.7. The van der Waals surface area contributed by atoms with Crippen LogP contribution in [0.5, 0.6) is 0 Å². The first-order chi connectivity index (χ1) is 14.4. The minimum atomic E-state index is -1.64. The maximum absolute atomic E-state index is 10.3. The second-order valence-electron chi connectivity index (χ2n) is 7.96. The summed E-state index contributed by atoms with van der Waals surface area (Å²) in [5, 5.41) is 42.6. The summed E-state index contributed by atoms with van der Waals surface area (Å²) >= 11 is 0. The predicted molar refractivity (Wildman–Crippen MR) is 118 cm³/mol. The van der Waals surface area contributed by atoms with Gasteiger partial charge in [0.05, 0.1) is 6.61 Å². The Morgan fingerprint density at radius 3 is 1.40 bits per heavy atom. The van der Waals surface area contributed by atoms with Crippen LogP contribution >= 0.6 is 0 Å². The van der Waals surface area contributed by atoms with Crippen LogP contribution in [0.25, 0.3) is 0 Å². The van der Waals surface area contributed by atoms with Gasteiger partial charge in [-0.15, -0.1) is 0 Å². The van der Waals surface area contributed by atoms with E-state index >= 15 is 0 Å². The molecule has 0 aliphatic carbocycles. The normalized spacial score (nSPS) is 13.8. The van der Waals surface area contributed by atoms with E-state index in [1.807, 2.05) is 0 Å². The van der Waals surface area contributed by atoms with Crippen LogP contribution in [-0.2, 0) is 9.59 Å². The Morgan fingerprint density at radius 2 is 1.10 bits per heavy atom. The molecular weight excluding hydrogens is 388 g/mol. The molecule has 0 aliphatic rings.